The minimum atomic E-state index is 0.426. The van der Waals surface area contributed by atoms with E-state index in [0.717, 1.165) is 0 Å². The Bertz CT molecular complexity index is 122. The molecule has 0 saturated carbocycles. The van der Waals surface area contributed by atoms with Crippen LogP contribution in [0.5, 0.6) is 0 Å². The van der Waals surface area contributed by atoms with Gasteiger partial charge in [-0.3, -0.25) is 4.79 Å². The first-order valence-corrected chi connectivity index (χ1v) is 2.86. The number of aldehydes is 1. The van der Waals surface area contributed by atoms with Gasteiger partial charge in [-0.2, -0.15) is 0 Å². The van der Waals surface area contributed by atoms with E-state index in [-0.39, 0.29) is 0 Å². The minimum Gasteiger partial charge on any atom is -0.301 e. The maximum absolute atomic E-state index is 9.57. The first-order chi connectivity index (χ1) is 4.72. The van der Waals surface area contributed by atoms with Gasteiger partial charge in [0.05, 0.1) is 0 Å². The zero-order valence-corrected chi connectivity index (χ0v) is 6.50. The van der Waals surface area contributed by atoms with Crippen molar-refractivity contribution in [2.24, 2.45) is 4.99 Å². The summed E-state index contributed by atoms with van der Waals surface area (Å²) in [5.74, 6) is 0. The summed E-state index contributed by atoms with van der Waals surface area (Å²) >= 11 is 0. The summed E-state index contributed by atoms with van der Waals surface area (Å²) in [5.41, 5.74) is 0.426. The molecule has 0 aromatic rings. The molecule has 0 unspecified atom stereocenters. The van der Waals surface area contributed by atoms with Crippen molar-refractivity contribution >= 4 is 12.5 Å². The van der Waals surface area contributed by atoms with Crippen LogP contribution in [0.25, 0.3) is 0 Å². The van der Waals surface area contributed by atoms with Gasteiger partial charge in [0.15, 0.2) is 0 Å². The van der Waals surface area contributed by atoms with Crippen molar-refractivity contribution in [3.63, 3.8) is 0 Å². The Morgan fingerprint density at radius 2 is 2.00 bits per heavy atom. The molecule has 2 heteroatoms. The van der Waals surface area contributed by atoms with Crippen molar-refractivity contribution in [3.8, 4) is 0 Å². The van der Waals surface area contributed by atoms with Gasteiger partial charge in [0, 0.05) is 12.6 Å². The number of hydrogen-bond acceptors (Lipinski definition) is 2. The van der Waals surface area contributed by atoms with Crippen molar-refractivity contribution in [1.29, 1.82) is 0 Å². The highest BCUT2D eigenvalue weighted by molar-refractivity contribution is 5.75. The Morgan fingerprint density at radius 1 is 1.60 bits per heavy atom. The van der Waals surface area contributed by atoms with Crippen molar-refractivity contribution in [3.05, 3.63) is 24.8 Å². The Hall–Kier alpha value is -1.18. The number of nitrogens with zero attached hydrogens (tertiary/aromatic N) is 1. The van der Waals surface area contributed by atoms with Gasteiger partial charge in [-0.25, -0.2) is 0 Å². The van der Waals surface area contributed by atoms with E-state index < -0.39 is 0 Å². The van der Waals surface area contributed by atoms with E-state index in [0.29, 0.717) is 11.9 Å². The highest BCUT2D eigenvalue weighted by Gasteiger charge is 1.71. The zero-order valence-electron chi connectivity index (χ0n) is 6.50. The second kappa shape index (κ2) is 10.7. The lowest BCUT2D eigenvalue weighted by Gasteiger charge is -1.71. The Labute approximate surface area is 62.0 Å². The summed E-state index contributed by atoms with van der Waals surface area (Å²) in [5, 5.41) is 0. The molecule has 0 aliphatic rings. The fourth-order valence-corrected chi connectivity index (χ4v) is 0.0481. The molecule has 0 spiro atoms. The van der Waals surface area contributed by atoms with Crippen LogP contribution >= 0.6 is 0 Å². The SMILES string of the molecule is C=CC(=C)C=O.CC=NC. The van der Waals surface area contributed by atoms with E-state index in [1.807, 2.05) is 6.92 Å². The molecule has 0 atom stereocenters. The van der Waals surface area contributed by atoms with Crippen molar-refractivity contribution in [2.45, 2.75) is 6.92 Å². The number of carbonyl (C=O) groups is 1. The number of rotatable bonds is 2. The molecular weight excluding hydrogens is 126 g/mol. The summed E-state index contributed by atoms with van der Waals surface area (Å²) in [6.45, 7) is 8.50. The molecule has 0 saturated heterocycles. The van der Waals surface area contributed by atoms with Crippen LogP contribution in [-0.4, -0.2) is 19.5 Å². The number of aliphatic imine (C=N–C) groups is 1. The van der Waals surface area contributed by atoms with Crippen molar-refractivity contribution in [1.82, 2.24) is 0 Å². The number of hydrogen-bond donors (Lipinski definition) is 0. The topological polar surface area (TPSA) is 29.4 Å². The molecule has 0 N–H and O–H groups in total. The molecule has 0 amide bonds. The van der Waals surface area contributed by atoms with Crippen LogP contribution < -0.4 is 0 Å². The summed E-state index contributed by atoms with van der Waals surface area (Å²) in [4.78, 5) is 13.2. The summed E-state index contributed by atoms with van der Waals surface area (Å²) < 4.78 is 0. The van der Waals surface area contributed by atoms with Crippen molar-refractivity contribution < 1.29 is 4.79 Å². The number of allylic oxidation sites excluding steroid dienone is 2. The molecule has 0 bridgehead atoms. The molecule has 0 aromatic heterocycles. The summed E-state index contributed by atoms with van der Waals surface area (Å²) in [7, 11) is 1.75. The monoisotopic (exact) mass is 139 g/mol. The van der Waals surface area contributed by atoms with Crippen LogP contribution in [0.15, 0.2) is 29.8 Å². The quantitative estimate of drug-likeness (QED) is 0.247. The van der Waals surface area contributed by atoms with Crippen LogP contribution in [0.4, 0.5) is 0 Å². The van der Waals surface area contributed by atoms with E-state index in [1.165, 1.54) is 6.08 Å². The molecule has 10 heavy (non-hydrogen) atoms. The Balaban J connectivity index is 0. The first kappa shape index (κ1) is 11.6. The second-order valence-electron chi connectivity index (χ2n) is 1.41. The Morgan fingerprint density at radius 3 is 2.00 bits per heavy atom. The molecular formula is C8H13NO. The lowest BCUT2D eigenvalue weighted by molar-refractivity contribution is -0.104. The molecule has 0 fully saturated rings. The fourth-order valence-electron chi connectivity index (χ4n) is 0.0481. The third-order valence-corrected chi connectivity index (χ3v) is 0.672. The smallest absolute Gasteiger partial charge is 0.149 e. The summed E-state index contributed by atoms with van der Waals surface area (Å²) in [6, 6.07) is 0. The molecule has 0 aliphatic carbocycles. The lowest BCUT2D eigenvalue weighted by Crippen LogP contribution is -1.68. The Kier molecular flexibility index (Phi) is 12.5. The normalized spacial score (nSPS) is 7.80. The van der Waals surface area contributed by atoms with Crippen LogP contribution in [0.3, 0.4) is 0 Å². The van der Waals surface area contributed by atoms with Crippen LogP contribution in [0, 0.1) is 0 Å². The van der Waals surface area contributed by atoms with Crippen LogP contribution in [0.2, 0.25) is 0 Å². The van der Waals surface area contributed by atoms with E-state index in [4.69, 9.17) is 0 Å². The van der Waals surface area contributed by atoms with Gasteiger partial charge in [0.25, 0.3) is 0 Å². The lowest BCUT2D eigenvalue weighted by atomic mass is 10.3. The third-order valence-electron chi connectivity index (χ3n) is 0.672. The van der Waals surface area contributed by atoms with E-state index in [1.54, 1.807) is 13.3 Å². The van der Waals surface area contributed by atoms with Gasteiger partial charge in [-0.15, -0.1) is 0 Å². The van der Waals surface area contributed by atoms with Gasteiger partial charge >= 0.3 is 0 Å². The van der Waals surface area contributed by atoms with E-state index in [2.05, 4.69) is 18.2 Å². The summed E-state index contributed by atoms with van der Waals surface area (Å²) in [6.07, 6.45) is 3.82. The zero-order chi connectivity index (χ0) is 8.41. The third kappa shape index (κ3) is 15.8. The average molecular weight is 139 g/mol. The van der Waals surface area contributed by atoms with Crippen LogP contribution in [-0.2, 0) is 4.79 Å². The van der Waals surface area contributed by atoms with Gasteiger partial charge < -0.3 is 4.99 Å². The fraction of sp³-hybridized carbons (Fsp3) is 0.250. The second-order valence-corrected chi connectivity index (χ2v) is 1.41. The standard InChI is InChI=1S/C5H6O.C3H7N/c1-3-5(2)4-6;1-3-4-2/h3-4H,1-2H2;3H,1-2H3. The largest absolute Gasteiger partial charge is 0.301 e. The molecule has 56 valence electrons. The molecule has 0 aromatic carbocycles. The van der Waals surface area contributed by atoms with Gasteiger partial charge in [-0.05, 0) is 13.1 Å². The van der Waals surface area contributed by atoms with Crippen LogP contribution in [0.1, 0.15) is 6.92 Å². The van der Waals surface area contributed by atoms with Gasteiger partial charge in [0.2, 0.25) is 0 Å². The van der Waals surface area contributed by atoms with Crippen molar-refractivity contribution in [2.75, 3.05) is 7.05 Å². The van der Waals surface area contributed by atoms with Gasteiger partial charge in [-0.1, -0.05) is 19.2 Å². The maximum atomic E-state index is 9.57. The highest BCUT2D eigenvalue weighted by Crippen LogP contribution is 1.78. The van der Waals surface area contributed by atoms with E-state index in [9.17, 15) is 4.79 Å². The molecule has 0 rings (SSSR count). The number of carbonyl (C=O) groups excluding carboxylic acids is 1. The maximum Gasteiger partial charge on any atom is 0.149 e. The molecule has 0 heterocycles. The predicted molar refractivity (Wildman–Crippen MR) is 45.5 cm³/mol. The molecule has 0 radical (unpaired) electrons. The highest BCUT2D eigenvalue weighted by atomic mass is 16.1. The molecule has 0 aliphatic heterocycles. The predicted octanol–water partition coefficient (Wildman–Crippen LogP) is 1.63. The first-order valence-electron chi connectivity index (χ1n) is 2.86. The molecule has 2 nitrogen and oxygen atoms in total. The average Bonchev–Trinajstić information content (AvgIpc) is 2.03. The van der Waals surface area contributed by atoms with E-state index >= 15 is 0 Å². The van der Waals surface area contributed by atoms with Gasteiger partial charge in [0.1, 0.15) is 6.29 Å². The minimum absolute atomic E-state index is 0.426.